The van der Waals surface area contributed by atoms with Gasteiger partial charge < -0.3 is 5.43 Å². The summed E-state index contributed by atoms with van der Waals surface area (Å²) in [6.07, 6.45) is 6.50. The maximum Gasteiger partial charge on any atom is 0.139 e. The van der Waals surface area contributed by atoms with Gasteiger partial charge in [0.25, 0.3) is 0 Å². The fraction of sp³-hybridized carbons (Fsp3) is 0.444. The van der Waals surface area contributed by atoms with Gasteiger partial charge in [0.1, 0.15) is 5.84 Å². The van der Waals surface area contributed by atoms with Crippen molar-refractivity contribution in [1.29, 1.82) is 0 Å². The second-order valence-electron chi connectivity index (χ2n) is 2.51. The van der Waals surface area contributed by atoms with Crippen molar-refractivity contribution in [3.63, 3.8) is 0 Å². The number of aliphatic imine (C=N–C) groups is 1. The Labute approximate surface area is 74.5 Å². The molecule has 0 heterocycles. The highest BCUT2D eigenvalue weighted by Crippen LogP contribution is 1.84. The molecule has 0 aromatic rings. The largest absolute Gasteiger partial charge is 0.304 e. The summed E-state index contributed by atoms with van der Waals surface area (Å²) in [4.78, 5) is 4.04. The molecule has 0 radical (unpaired) electrons. The summed E-state index contributed by atoms with van der Waals surface area (Å²) in [6, 6.07) is 0. The molecule has 0 saturated heterocycles. The third-order valence-corrected chi connectivity index (χ3v) is 1.08. The number of hydrogen-bond acceptors (Lipinski definition) is 2. The van der Waals surface area contributed by atoms with E-state index in [1.54, 1.807) is 0 Å². The van der Waals surface area contributed by atoms with Crippen molar-refractivity contribution in [1.82, 2.24) is 10.4 Å². The fourth-order valence-electron chi connectivity index (χ4n) is 0.666. The molecule has 0 amide bonds. The number of hydrazine groups is 1. The molecule has 3 nitrogen and oxygen atoms in total. The molecule has 1 N–H and O–H groups in total. The Bertz CT molecular complexity index is 180. The smallest absolute Gasteiger partial charge is 0.139 e. The monoisotopic (exact) mass is 167 g/mol. The molecule has 0 unspecified atom stereocenters. The molecule has 0 atom stereocenters. The van der Waals surface area contributed by atoms with E-state index in [-0.39, 0.29) is 0 Å². The van der Waals surface area contributed by atoms with Crippen LogP contribution in [0.4, 0.5) is 0 Å². The first-order valence-corrected chi connectivity index (χ1v) is 4.00. The minimum Gasteiger partial charge on any atom is -0.304 e. The van der Waals surface area contributed by atoms with Crippen LogP contribution in [0.2, 0.25) is 0 Å². The molecule has 0 saturated carbocycles. The highest BCUT2D eigenvalue weighted by molar-refractivity contribution is 5.92. The van der Waals surface area contributed by atoms with Gasteiger partial charge in [-0.25, -0.2) is 10.0 Å². The molecule has 0 rings (SSSR count). The van der Waals surface area contributed by atoms with Crippen molar-refractivity contribution in [3.8, 4) is 0 Å². The number of allylic oxidation sites excluding steroid dienone is 1. The molecule has 0 aromatic carbocycles. The SMILES string of the molecule is C=CN=C(/C=C\CC)NN(C)C. The Hall–Kier alpha value is -1.09. The molecular formula is C9H17N3. The van der Waals surface area contributed by atoms with Gasteiger partial charge in [-0.15, -0.1) is 0 Å². The normalized spacial score (nSPS) is 12.5. The van der Waals surface area contributed by atoms with Gasteiger partial charge in [0.05, 0.1) is 0 Å². The van der Waals surface area contributed by atoms with Crippen molar-refractivity contribution >= 4 is 5.84 Å². The predicted molar refractivity (Wildman–Crippen MR) is 53.9 cm³/mol. The molecule has 0 aliphatic carbocycles. The predicted octanol–water partition coefficient (Wildman–Crippen LogP) is 1.56. The van der Waals surface area contributed by atoms with Gasteiger partial charge in [0.2, 0.25) is 0 Å². The van der Waals surface area contributed by atoms with Crippen LogP contribution in [0.1, 0.15) is 13.3 Å². The Balaban J connectivity index is 4.14. The first kappa shape index (κ1) is 10.9. The van der Waals surface area contributed by atoms with Crippen LogP contribution in [0.15, 0.2) is 29.9 Å². The number of rotatable bonds is 4. The van der Waals surface area contributed by atoms with Crippen molar-refractivity contribution in [2.45, 2.75) is 13.3 Å². The zero-order chi connectivity index (χ0) is 9.40. The number of amidine groups is 1. The second-order valence-corrected chi connectivity index (χ2v) is 2.51. The third-order valence-electron chi connectivity index (χ3n) is 1.08. The Kier molecular flexibility index (Phi) is 6.01. The topological polar surface area (TPSA) is 27.6 Å². The van der Waals surface area contributed by atoms with Crippen LogP contribution in [-0.2, 0) is 0 Å². The molecule has 0 fully saturated rings. The zero-order valence-corrected chi connectivity index (χ0v) is 8.04. The summed E-state index contributed by atoms with van der Waals surface area (Å²) in [7, 11) is 3.83. The van der Waals surface area contributed by atoms with Gasteiger partial charge in [-0.1, -0.05) is 19.6 Å². The zero-order valence-electron chi connectivity index (χ0n) is 8.04. The number of nitrogens with one attached hydrogen (secondary N) is 1. The molecule has 0 bridgehead atoms. The lowest BCUT2D eigenvalue weighted by Gasteiger charge is -2.12. The Morgan fingerprint density at radius 3 is 2.67 bits per heavy atom. The molecule has 68 valence electrons. The van der Waals surface area contributed by atoms with Gasteiger partial charge >= 0.3 is 0 Å². The maximum absolute atomic E-state index is 4.04. The first-order chi connectivity index (χ1) is 5.70. The number of nitrogens with zero attached hydrogens (tertiary/aromatic N) is 2. The van der Waals surface area contributed by atoms with E-state index in [0.29, 0.717) is 0 Å². The second kappa shape index (κ2) is 6.61. The van der Waals surface area contributed by atoms with Crippen LogP contribution in [0.25, 0.3) is 0 Å². The lowest BCUT2D eigenvalue weighted by atomic mass is 10.4. The van der Waals surface area contributed by atoms with Crippen molar-refractivity contribution in [2.75, 3.05) is 14.1 Å². The van der Waals surface area contributed by atoms with Gasteiger partial charge in [-0.3, -0.25) is 0 Å². The van der Waals surface area contributed by atoms with E-state index in [0.717, 1.165) is 12.3 Å². The minimum absolute atomic E-state index is 0.803. The van der Waals surface area contributed by atoms with Gasteiger partial charge in [-0.2, -0.15) is 0 Å². The molecule has 0 aliphatic rings. The summed E-state index contributed by atoms with van der Waals surface area (Å²) in [6.45, 7) is 5.62. The lowest BCUT2D eigenvalue weighted by molar-refractivity contribution is 0.363. The van der Waals surface area contributed by atoms with E-state index in [2.05, 4.69) is 23.9 Å². The lowest BCUT2D eigenvalue weighted by Crippen LogP contribution is -2.34. The maximum atomic E-state index is 4.04. The van der Waals surface area contributed by atoms with E-state index in [1.807, 2.05) is 31.3 Å². The highest BCUT2D eigenvalue weighted by atomic mass is 15.5. The molecule has 12 heavy (non-hydrogen) atoms. The van der Waals surface area contributed by atoms with Crippen LogP contribution >= 0.6 is 0 Å². The Morgan fingerprint density at radius 1 is 1.58 bits per heavy atom. The van der Waals surface area contributed by atoms with E-state index in [9.17, 15) is 0 Å². The van der Waals surface area contributed by atoms with Crippen molar-refractivity contribution in [3.05, 3.63) is 24.9 Å². The van der Waals surface area contributed by atoms with Crippen LogP contribution in [0.5, 0.6) is 0 Å². The van der Waals surface area contributed by atoms with Crippen LogP contribution in [-0.4, -0.2) is 24.9 Å². The highest BCUT2D eigenvalue weighted by Gasteiger charge is 1.91. The average Bonchev–Trinajstić information content (AvgIpc) is 2.00. The summed E-state index contributed by atoms with van der Waals surface area (Å²) < 4.78 is 0. The quantitative estimate of drug-likeness (QED) is 0.391. The van der Waals surface area contributed by atoms with E-state index < -0.39 is 0 Å². The standard InChI is InChI=1S/C9H17N3/c1-5-7-8-9(10-6-2)11-12(3)4/h6-8H,2,5H2,1,3-4H3,(H,10,11)/b8-7-. The molecular weight excluding hydrogens is 150 g/mol. The van der Waals surface area contributed by atoms with Crippen molar-refractivity contribution in [2.24, 2.45) is 4.99 Å². The van der Waals surface area contributed by atoms with Gasteiger partial charge in [-0.05, 0) is 12.5 Å². The first-order valence-electron chi connectivity index (χ1n) is 4.00. The van der Waals surface area contributed by atoms with E-state index >= 15 is 0 Å². The van der Waals surface area contributed by atoms with Crippen LogP contribution in [0, 0.1) is 0 Å². The molecule has 0 spiro atoms. The van der Waals surface area contributed by atoms with Crippen LogP contribution < -0.4 is 5.43 Å². The minimum atomic E-state index is 0.803. The van der Waals surface area contributed by atoms with Crippen molar-refractivity contribution < 1.29 is 0 Å². The average molecular weight is 167 g/mol. The number of hydrogen-bond donors (Lipinski definition) is 1. The van der Waals surface area contributed by atoms with Crippen LogP contribution in [0.3, 0.4) is 0 Å². The van der Waals surface area contributed by atoms with E-state index in [1.165, 1.54) is 6.20 Å². The summed E-state index contributed by atoms with van der Waals surface area (Å²) >= 11 is 0. The van der Waals surface area contributed by atoms with Gasteiger partial charge in [0.15, 0.2) is 0 Å². The molecule has 0 aliphatic heterocycles. The summed E-state index contributed by atoms with van der Waals surface area (Å²) in [5, 5.41) is 1.84. The van der Waals surface area contributed by atoms with Gasteiger partial charge in [0, 0.05) is 20.3 Å². The molecule has 3 heteroatoms. The summed E-state index contributed by atoms with van der Waals surface area (Å²) in [5.74, 6) is 0.803. The summed E-state index contributed by atoms with van der Waals surface area (Å²) in [5.41, 5.74) is 3.04. The Morgan fingerprint density at radius 2 is 2.25 bits per heavy atom. The van der Waals surface area contributed by atoms with E-state index in [4.69, 9.17) is 0 Å². The third kappa shape index (κ3) is 5.68. The molecule has 0 aromatic heterocycles. The fourth-order valence-corrected chi connectivity index (χ4v) is 0.666.